The second-order valence-corrected chi connectivity index (χ2v) is 4.73. The lowest BCUT2D eigenvalue weighted by Gasteiger charge is -2.24. The summed E-state index contributed by atoms with van der Waals surface area (Å²) in [5.41, 5.74) is 5.64. The molecule has 0 bridgehead atoms. The average molecular weight is 333 g/mol. The van der Waals surface area contributed by atoms with Gasteiger partial charge in [0, 0.05) is 18.7 Å². The Bertz CT molecular complexity index is 532. The van der Waals surface area contributed by atoms with Crippen LogP contribution in [0.2, 0.25) is 0 Å². The molecule has 1 aromatic carbocycles. The van der Waals surface area contributed by atoms with Crippen molar-refractivity contribution >= 4 is 17.5 Å². The Hall–Kier alpha value is -2.45. The number of nitrogens with one attached hydrogen (secondary N) is 1. The van der Waals surface area contributed by atoms with Crippen molar-refractivity contribution in [3.63, 3.8) is 0 Å². The van der Waals surface area contributed by atoms with E-state index in [2.05, 4.69) is 0 Å². The van der Waals surface area contributed by atoms with Gasteiger partial charge in [0.25, 0.3) is 0 Å². The SMILES string of the molecule is COc1ccc(N(CCC(N)=O)CC(=O)NCC(F)(F)F)cc1. The van der Waals surface area contributed by atoms with E-state index in [1.165, 1.54) is 12.0 Å². The van der Waals surface area contributed by atoms with Crippen LogP contribution in [0.3, 0.4) is 0 Å². The van der Waals surface area contributed by atoms with Crippen LogP contribution in [-0.2, 0) is 9.59 Å². The van der Waals surface area contributed by atoms with E-state index in [-0.39, 0.29) is 19.5 Å². The lowest BCUT2D eigenvalue weighted by molar-refractivity contribution is -0.137. The number of hydrogen-bond acceptors (Lipinski definition) is 4. The number of nitrogens with zero attached hydrogens (tertiary/aromatic N) is 1. The highest BCUT2D eigenvalue weighted by Crippen LogP contribution is 2.19. The lowest BCUT2D eigenvalue weighted by atomic mass is 10.2. The summed E-state index contributed by atoms with van der Waals surface area (Å²) in [4.78, 5) is 24.0. The Balaban J connectivity index is 2.74. The molecule has 0 aliphatic carbocycles. The molecule has 0 aliphatic heterocycles. The Morgan fingerprint density at radius 2 is 1.87 bits per heavy atom. The van der Waals surface area contributed by atoms with Crippen molar-refractivity contribution in [2.24, 2.45) is 5.73 Å². The molecular weight excluding hydrogens is 315 g/mol. The second-order valence-electron chi connectivity index (χ2n) is 4.73. The van der Waals surface area contributed by atoms with E-state index in [1.54, 1.807) is 29.6 Å². The Morgan fingerprint density at radius 1 is 1.26 bits per heavy atom. The minimum Gasteiger partial charge on any atom is -0.497 e. The van der Waals surface area contributed by atoms with Gasteiger partial charge in [-0.1, -0.05) is 0 Å². The fourth-order valence-corrected chi connectivity index (χ4v) is 1.77. The maximum atomic E-state index is 12.1. The number of carbonyl (C=O) groups excluding carboxylic acids is 2. The molecule has 0 unspecified atom stereocenters. The molecule has 0 atom stereocenters. The predicted molar refractivity (Wildman–Crippen MR) is 78.1 cm³/mol. The Kier molecular flexibility index (Phi) is 6.67. The summed E-state index contributed by atoms with van der Waals surface area (Å²) in [7, 11) is 1.49. The fourth-order valence-electron chi connectivity index (χ4n) is 1.77. The smallest absolute Gasteiger partial charge is 0.405 e. The van der Waals surface area contributed by atoms with Crippen molar-refractivity contribution in [1.82, 2.24) is 5.32 Å². The highest BCUT2D eigenvalue weighted by atomic mass is 19.4. The summed E-state index contributed by atoms with van der Waals surface area (Å²) in [5, 5.41) is 1.79. The number of primary amides is 1. The van der Waals surface area contributed by atoms with Crippen LogP contribution in [0, 0.1) is 0 Å². The molecule has 0 aliphatic rings. The number of carbonyl (C=O) groups is 2. The van der Waals surface area contributed by atoms with Crippen molar-refractivity contribution in [3.8, 4) is 5.75 Å². The summed E-state index contributed by atoms with van der Waals surface area (Å²) >= 11 is 0. The number of anilines is 1. The van der Waals surface area contributed by atoms with Gasteiger partial charge in [0.2, 0.25) is 11.8 Å². The summed E-state index contributed by atoms with van der Waals surface area (Å²) in [6.07, 6.45) is -4.51. The van der Waals surface area contributed by atoms with E-state index in [4.69, 9.17) is 10.5 Å². The first-order valence-corrected chi connectivity index (χ1v) is 6.72. The zero-order valence-electron chi connectivity index (χ0n) is 12.5. The molecule has 6 nitrogen and oxygen atoms in total. The van der Waals surface area contributed by atoms with Crippen LogP contribution >= 0.6 is 0 Å². The normalized spacial score (nSPS) is 11.0. The predicted octanol–water partition coefficient (Wildman–Crippen LogP) is 1.06. The zero-order chi connectivity index (χ0) is 17.5. The molecule has 0 heterocycles. The van der Waals surface area contributed by atoms with Gasteiger partial charge in [0.1, 0.15) is 12.3 Å². The molecule has 0 radical (unpaired) electrons. The maximum absolute atomic E-state index is 12.1. The van der Waals surface area contributed by atoms with E-state index < -0.39 is 24.5 Å². The number of alkyl halides is 3. The first-order valence-electron chi connectivity index (χ1n) is 6.72. The van der Waals surface area contributed by atoms with Crippen molar-refractivity contribution in [2.45, 2.75) is 12.6 Å². The van der Waals surface area contributed by atoms with Gasteiger partial charge in [-0.15, -0.1) is 0 Å². The van der Waals surface area contributed by atoms with Crippen LogP contribution < -0.4 is 20.7 Å². The Morgan fingerprint density at radius 3 is 2.35 bits per heavy atom. The van der Waals surface area contributed by atoms with Gasteiger partial charge in [0.15, 0.2) is 0 Å². The summed E-state index contributed by atoms with van der Waals surface area (Å²) in [6, 6.07) is 6.55. The lowest BCUT2D eigenvalue weighted by Crippen LogP contribution is -2.42. The van der Waals surface area contributed by atoms with E-state index >= 15 is 0 Å². The monoisotopic (exact) mass is 333 g/mol. The maximum Gasteiger partial charge on any atom is 0.405 e. The third-order valence-corrected chi connectivity index (χ3v) is 2.89. The molecule has 0 spiro atoms. The largest absolute Gasteiger partial charge is 0.497 e. The van der Waals surface area contributed by atoms with E-state index in [9.17, 15) is 22.8 Å². The highest BCUT2D eigenvalue weighted by molar-refractivity contribution is 5.82. The first-order chi connectivity index (χ1) is 10.7. The minimum atomic E-state index is -4.48. The number of amides is 2. The van der Waals surface area contributed by atoms with Gasteiger partial charge >= 0.3 is 6.18 Å². The summed E-state index contributed by atoms with van der Waals surface area (Å²) in [6.45, 7) is -1.62. The molecule has 2 amide bonds. The van der Waals surface area contributed by atoms with E-state index in [1.807, 2.05) is 0 Å². The number of nitrogens with two attached hydrogens (primary N) is 1. The van der Waals surface area contributed by atoms with Crippen LogP contribution in [0.15, 0.2) is 24.3 Å². The van der Waals surface area contributed by atoms with Gasteiger partial charge in [-0.3, -0.25) is 9.59 Å². The summed E-state index contributed by atoms with van der Waals surface area (Å²) in [5.74, 6) is -0.785. The van der Waals surface area contributed by atoms with Crippen LogP contribution in [0.1, 0.15) is 6.42 Å². The molecule has 9 heteroatoms. The van der Waals surface area contributed by atoms with E-state index in [0.29, 0.717) is 11.4 Å². The van der Waals surface area contributed by atoms with Gasteiger partial charge in [-0.2, -0.15) is 13.2 Å². The minimum absolute atomic E-state index is 0.0292. The molecule has 0 aromatic heterocycles. The van der Waals surface area contributed by atoms with Gasteiger partial charge in [-0.25, -0.2) is 0 Å². The molecule has 1 aromatic rings. The number of ether oxygens (including phenoxy) is 1. The van der Waals surface area contributed by atoms with Crippen LogP contribution in [-0.4, -0.2) is 44.7 Å². The molecule has 23 heavy (non-hydrogen) atoms. The molecule has 0 saturated heterocycles. The quantitative estimate of drug-likeness (QED) is 0.745. The molecule has 1 rings (SSSR count). The van der Waals surface area contributed by atoms with Crippen LogP contribution in [0.4, 0.5) is 18.9 Å². The highest BCUT2D eigenvalue weighted by Gasteiger charge is 2.28. The number of halogens is 3. The van der Waals surface area contributed by atoms with Gasteiger partial charge in [-0.05, 0) is 24.3 Å². The number of benzene rings is 1. The van der Waals surface area contributed by atoms with Crippen molar-refractivity contribution in [1.29, 1.82) is 0 Å². The number of hydrogen-bond donors (Lipinski definition) is 2. The molecule has 0 fully saturated rings. The molecular formula is C14H18F3N3O3. The molecule has 128 valence electrons. The third-order valence-electron chi connectivity index (χ3n) is 2.89. The number of methoxy groups -OCH3 is 1. The van der Waals surface area contributed by atoms with Crippen LogP contribution in [0.5, 0.6) is 5.75 Å². The van der Waals surface area contributed by atoms with Crippen molar-refractivity contribution in [3.05, 3.63) is 24.3 Å². The zero-order valence-corrected chi connectivity index (χ0v) is 12.5. The topological polar surface area (TPSA) is 84.7 Å². The summed E-state index contributed by atoms with van der Waals surface area (Å²) < 4.78 is 41.3. The Labute approximate surface area is 131 Å². The first kappa shape index (κ1) is 18.6. The molecule has 0 saturated carbocycles. The number of rotatable bonds is 8. The van der Waals surface area contributed by atoms with E-state index in [0.717, 1.165) is 0 Å². The van der Waals surface area contributed by atoms with Crippen molar-refractivity contribution in [2.75, 3.05) is 31.6 Å². The average Bonchev–Trinajstić information content (AvgIpc) is 2.48. The van der Waals surface area contributed by atoms with Gasteiger partial charge in [0.05, 0.1) is 13.7 Å². The third kappa shape index (κ3) is 7.39. The standard InChI is InChI=1S/C14H18F3N3O3/c1-23-11-4-2-10(3-5-11)20(7-6-12(18)21)8-13(22)19-9-14(15,16)17/h2-5H,6-9H2,1H3,(H2,18,21)(H,19,22). The van der Waals surface area contributed by atoms with Crippen molar-refractivity contribution < 1.29 is 27.5 Å². The molecule has 3 N–H and O–H groups in total. The van der Waals surface area contributed by atoms with Crippen LogP contribution in [0.25, 0.3) is 0 Å². The van der Waals surface area contributed by atoms with Gasteiger partial charge < -0.3 is 20.7 Å². The second kappa shape index (κ2) is 8.25. The fraction of sp³-hybridized carbons (Fsp3) is 0.429.